The molecule has 0 spiro atoms. The zero-order valence-electron chi connectivity index (χ0n) is 20.9. The van der Waals surface area contributed by atoms with E-state index in [1.54, 1.807) is 4.90 Å². The number of aryl methyl sites for hydroxylation is 2. The van der Waals surface area contributed by atoms with Gasteiger partial charge in [-0.2, -0.15) is 0 Å². The average Bonchev–Trinajstić information content (AvgIpc) is 3.56. The van der Waals surface area contributed by atoms with Gasteiger partial charge in [0.1, 0.15) is 6.54 Å². The van der Waals surface area contributed by atoms with Crippen LogP contribution in [0.5, 0.6) is 0 Å². The van der Waals surface area contributed by atoms with Crippen molar-refractivity contribution in [3.8, 4) is 0 Å². The molecule has 0 unspecified atom stereocenters. The summed E-state index contributed by atoms with van der Waals surface area (Å²) in [5.74, 6) is 0.369. The fourth-order valence-corrected chi connectivity index (χ4v) is 4.29. The van der Waals surface area contributed by atoms with Crippen LogP contribution in [0.15, 0.2) is 42.6 Å². The van der Waals surface area contributed by atoms with Crippen molar-refractivity contribution in [2.75, 3.05) is 13.1 Å². The molecule has 1 saturated carbocycles. The second-order valence-electron chi connectivity index (χ2n) is 9.95. The van der Waals surface area contributed by atoms with Gasteiger partial charge in [0.15, 0.2) is 0 Å². The number of hydrogen-bond donors (Lipinski definition) is 0. The molecule has 33 heavy (non-hydrogen) atoms. The van der Waals surface area contributed by atoms with Gasteiger partial charge in [-0.3, -0.25) is 9.59 Å². The summed E-state index contributed by atoms with van der Waals surface area (Å²) in [7, 11) is 2.00. The average molecular weight is 452 g/mol. The second-order valence-corrected chi connectivity index (χ2v) is 9.95. The minimum atomic E-state index is -0.0215. The van der Waals surface area contributed by atoms with E-state index in [4.69, 9.17) is 0 Å². The minimum Gasteiger partial charge on any atom is -0.353 e. The Kier molecular flexibility index (Phi) is 9.16. The second kappa shape index (κ2) is 12.1. The van der Waals surface area contributed by atoms with E-state index >= 15 is 0 Å². The molecule has 0 saturated heterocycles. The fraction of sp³-hybridized carbons (Fsp3) is 0.571. The summed E-state index contributed by atoms with van der Waals surface area (Å²) in [6.45, 7) is 7.88. The van der Waals surface area contributed by atoms with Gasteiger partial charge in [-0.15, -0.1) is 0 Å². The number of hydrogen-bond acceptors (Lipinski definition) is 2. The van der Waals surface area contributed by atoms with Gasteiger partial charge in [-0.05, 0) is 61.4 Å². The summed E-state index contributed by atoms with van der Waals surface area (Å²) in [6, 6.07) is 12.3. The van der Waals surface area contributed by atoms with Crippen molar-refractivity contribution >= 4 is 11.8 Å². The third-order valence-electron chi connectivity index (χ3n) is 6.42. The highest BCUT2D eigenvalue weighted by molar-refractivity contribution is 5.97. The molecule has 0 N–H and O–H groups in total. The normalized spacial score (nSPS) is 13.4. The van der Waals surface area contributed by atoms with Crippen molar-refractivity contribution in [3.63, 3.8) is 0 Å². The standard InChI is InChI=1S/C28H41N3O2/c1-5-6-7-8-10-23-12-14-24(15-13-23)28(33)31(25-16-17-25)21-27(32)30(19-22(2)3)20-26-11-9-18-29(26)4/h9,11-15,18,22,25H,5-8,10,16-17,19-21H2,1-4H3. The van der Waals surface area contributed by atoms with Crippen molar-refractivity contribution in [1.29, 1.82) is 0 Å². The van der Waals surface area contributed by atoms with E-state index in [2.05, 4.69) is 32.9 Å². The third-order valence-corrected chi connectivity index (χ3v) is 6.42. The Morgan fingerprint density at radius 1 is 1.06 bits per heavy atom. The molecule has 180 valence electrons. The van der Waals surface area contributed by atoms with E-state index < -0.39 is 0 Å². The summed E-state index contributed by atoms with van der Waals surface area (Å²) in [6.07, 6.45) is 9.99. The number of carbonyl (C=O) groups is 2. The van der Waals surface area contributed by atoms with Crippen LogP contribution in [-0.2, 0) is 24.8 Å². The van der Waals surface area contributed by atoms with Gasteiger partial charge in [-0.1, -0.05) is 52.2 Å². The van der Waals surface area contributed by atoms with Crippen LogP contribution in [0.4, 0.5) is 0 Å². The number of benzene rings is 1. The Morgan fingerprint density at radius 2 is 1.79 bits per heavy atom. The highest BCUT2D eigenvalue weighted by Crippen LogP contribution is 2.28. The summed E-state index contributed by atoms with van der Waals surface area (Å²) >= 11 is 0. The van der Waals surface area contributed by atoms with Gasteiger partial charge >= 0.3 is 0 Å². The Morgan fingerprint density at radius 3 is 2.36 bits per heavy atom. The highest BCUT2D eigenvalue weighted by Gasteiger charge is 2.35. The predicted molar refractivity (Wildman–Crippen MR) is 134 cm³/mol. The van der Waals surface area contributed by atoms with Crippen molar-refractivity contribution in [2.45, 2.75) is 78.3 Å². The molecule has 1 aliphatic rings. The van der Waals surface area contributed by atoms with Crippen LogP contribution in [0.1, 0.15) is 80.9 Å². The topological polar surface area (TPSA) is 45.6 Å². The third kappa shape index (κ3) is 7.48. The molecule has 1 aromatic carbocycles. The van der Waals surface area contributed by atoms with Gasteiger partial charge in [-0.25, -0.2) is 0 Å². The summed E-state index contributed by atoms with van der Waals surface area (Å²) in [4.78, 5) is 30.4. The number of rotatable bonds is 13. The minimum absolute atomic E-state index is 0.0215. The van der Waals surface area contributed by atoms with E-state index in [0.29, 0.717) is 24.6 Å². The molecule has 0 atom stereocenters. The molecule has 2 amide bonds. The van der Waals surface area contributed by atoms with Gasteiger partial charge in [0, 0.05) is 37.1 Å². The molecule has 0 radical (unpaired) electrons. The number of carbonyl (C=O) groups excluding carboxylic acids is 2. The maximum Gasteiger partial charge on any atom is 0.254 e. The maximum absolute atomic E-state index is 13.3. The maximum atomic E-state index is 13.3. The molecular weight excluding hydrogens is 410 g/mol. The molecule has 0 aliphatic heterocycles. The van der Waals surface area contributed by atoms with E-state index in [1.807, 2.05) is 47.0 Å². The van der Waals surface area contributed by atoms with Crippen molar-refractivity contribution < 1.29 is 9.59 Å². The monoisotopic (exact) mass is 451 g/mol. The Bertz CT molecular complexity index is 896. The van der Waals surface area contributed by atoms with Crippen LogP contribution in [0.2, 0.25) is 0 Å². The molecule has 1 heterocycles. The van der Waals surface area contributed by atoms with Gasteiger partial charge in [0.25, 0.3) is 5.91 Å². The SMILES string of the molecule is CCCCCCc1ccc(C(=O)N(CC(=O)N(Cc2cccn2C)CC(C)C)C2CC2)cc1. The largest absolute Gasteiger partial charge is 0.353 e. The Labute approximate surface area is 199 Å². The number of amides is 2. The Balaban J connectivity index is 1.65. The smallest absolute Gasteiger partial charge is 0.254 e. The summed E-state index contributed by atoms with van der Waals surface area (Å²) in [5, 5.41) is 0. The fourth-order valence-electron chi connectivity index (χ4n) is 4.29. The lowest BCUT2D eigenvalue weighted by molar-refractivity contribution is -0.133. The van der Waals surface area contributed by atoms with Crippen molar-refractivity contribution in [2.24, 2.45) is 13.0 Å². The van der Waals surface area contributed by atoms with Crippen LogP contribution in [0.25, 0.3) is 0 Å². The first-order valence-electron chi connectivity index (χ1n) is 12.7. The number of aromatic nitrogens is 1. The molecule has 2 aromatic rings. The highest BCUT2D eigenvalue weighted by atomic mass is 16.2. The van der Waals surface area contributed by atoms with Crippen LogP contribution in [0.3, 0.4) is 0 Å². The molecule has 1 aromatic heterocycles. The van der Waals surface area contributed by atoms with E-state index in [9.17, 15) is 9.59 Å². The number of unbranched alkanes of at least 4 members (excludes halogenated alkanes) is 3. The lowest BCUT2D eigenvalue weighted by Gasteiger charge is -2.29. The van der Waals surface area contributed by atoms with E-state index in [-0.39, 0.29) is 24.4 Å². The number of nitrogens with zero attached hydrogens (tertiary/aromatic N) is 3. The first kappa shape index (κ1) is 25.1. The zero-order chi connectivity index (χ0) is 23.8. The molecule has 0 bridgehead atoms. The molecule has 3 rings (SSSR count). The molecule has 5 nitrogen and oxygen atoms in total. The van der Waals surface area contributed by atoms with Gasteiger partial charge in [0.2, 0.25) is 5.91 Å². The molecule has 5 heteroatoms. The predicted octanol–water partition coefficient (Wildman–Crippen LogP) is 5.44. The van der Waals surface area contributed by atoms with Crippen molar-refractivity contribution in [3.05, 3.63) is 59.4 Å². The van der Waals surface area contributed by atoms with Gasteiger partial charge < -0.3 is 14.4 Å². The van der Waals surface area contributed by atoms with E-state index in [1.165, 1.54) is 31.2 Å². The molecule has 1 fully saturated rings. The molecule has 1 aliphatic carbocycles. The molecular formula is C28H41N3O2. The first-order valence-corrected chi connectivity index (χ1v) is 12.7. The van der Waals surface area contributed by atoms with Crippen LogP contribution >= 0.6 is 0 Å². The summed E-state index contributed by atoms with van der Waals surface area (Å²) < 4.78 is 2.05. The lowest BCUT2D eigenvalue weighted by Crippen LogP contribution is -2.45. The zero-order valence-corrected chi connectivity index (χ0v) is 20.9. The van der Waals surface area contributed by atoms with E-state index in [0.717, 1.165) is 25.0 Å². The van der Waals surface area contributed by atoms with Crippen LogP contribution < -0.4 is 0 Å². The van der Waals surface area contributed by atoms with Crippen LogP contribution in [-0.4, -0.2) is 45.3 Å². The van der Waals surface area contributed by atoms with Crippen LogP contribution in [0, 0.1) is 5.92 Å². The quantitative estimate of drug-likeness (QED) is 0.381. The van der Waals surface area contributed by atoms with Gasteiger partial charge in [0.05, 0.1) is 6.54 Å². The van der Waals surface area contributed by atoms with Crippen molar-refractivity contribution in [1.82, 2.24) is 14.4 Å². The lowest BCUT2D eigenvalue weighted by atomic mass is 10.0. The summed E-state index contributed by atoms with van der Waals surface area (Å²) in [5.41, 5.74) is 3.06. The Hall–Kier alpha value is -2.56. The first-order chi connectivity index (χ1) is 15.9.